The normalized spacial score (nSPS) is 18.8. The third-order valence-electron chi connectivity index (χ3n) is 11.5. The number of hydrogen-bond acceptors (Lipinski definition) is 12. The summed E-state index contributed by atoms with van der Waals surface area (Å²) < 4.78 is 79.2. The Kier molecular flexibility index (Phi) is 15.3. The number of anilines is 4. The smallest absolute Gasteiger partial charge is 0.262 e. The lowest BCUT2D eigenvalue weighted by molar-refractivity contribution is 0.185. The van der Waals surface area contributed by atoms with Gasteiger partial charge in [-0.1, -0.05) is 42.5 Å². The third kappa shape index (κ3) is 11.9. The molecular formula is C50H60N6O8S2. The molecule has 0 amide bonds. The van der Waals surface area contributed by atoms with Crippen molar-refractivity contribution in [1.29, 1.82) is 0 Å². The van der Waals surface area contributed by atoms with Gasteiger partial charge in [-0.25, -0.2) is 16.8 Å². The molecule has 14 nitrogen and oxygen atoms in total. The van der Waals surface area contributed by atoms with Crippen LogP contribution in [-0.4, -0.2) is 88.5 Å². The quantitative estimate of drug-likeness (QED) is 0.0826. The Morgan fingerprint density at radius 3 is 1.42 bits per heavy atom. The molecule has 66 heavy (non-hydrogen) atoms. The zero-order valence-electron chi connectivity index (χ0n) is 38.4. The number of methoxy groups -OCH3 is 3. The van der Waals surface area contributed by atoms with E-state index in [1.54, 1.807) is 68.2 Å². The highest BCUT2D eigenvalue weighted by Gasteiger charge is 2.25. The van der Waals surface area contributed by atoms with Crippen molar-refractivity contribution in [1.82, 2.24) is 10.6 Å². The summed E-state index contributed by atoms with van der Waals surface area (Å²) in [5, 5.41) is 7.02. The molecule has 6 aromatic rings. The van der Waals surface area contributed by atoms with Crippen LogP contribution in [0.25, 0.3) is 22.3 Å². The topological polar surface area (TPSA) is 164 Å². The molecule has 0 saturated carbocycles. The van der Waals surface area contributed by atoms with Gasteiger partial charge in [0.25, 0.3) is 20.0 Å². The van der Waals surface area contributed by atoms with E-state index in [0.29, 0.717) is 53.6 Å². The first-order valence-corrected chi connectivity index (χ1v) is 24.9. The second-order valence-corrected chi connectivity index (χ2v) is 20.3. The van der Waals surface area contributed by atoms with Crippen LogP contribution in [0.5, 0.6) is 11.5 Å². The molecule has 2 saturated heterocycles. The Morgan fingerprint density at radius 2 is 1.02 bits per heavy atom. The maximum absolute atomic E-state index is 13.2. The summed E-state index contributed by atoms with van der Waals surface area (Å²) in [6, 6.07) is 36.0. The SMILES string of the molecule is COCc1cccc(-c2ccc(S(=O)(=O)Nc3cc(N4C[C@@H](C)N[C@@H](C)C4)ccc3OC)cc2)c1.COc1ccc(N2C[C@@H](C)N[C@@H](C)C2)cc1NS(=O)(=O)c1ccc(-c2ccoc2)cc1. The highest BCUT2D eigenvalue weighted by molar-refractivity contribution is 7.93. The first-order valence-electron chi connectivity index (χ1n) is 21.9. The number of ether oxygens (including phenoxy) is 3. The van der Waals surface area contributed by atoms with E-state index in [1.807, 2.05) is 66.7 Å². The summed E-state index contributed by atoms with van der Waals surface area (Å²) in [5.41, 5.74) is 7.51. The number of hydrogen-bond donors (Lipinski definition) is 4. The lowest BCUT2D eigenvalue weighted by Gasteiger charge is -2.38. The maximum atomic E-state index is 13.2. The predicted octanol–water partition coefficient (Wildman–Crippen LogP) is 8.44. The minimum atomic E-state index is -3.81. The number of sulfonamides is 2. The minimum Gasteiger partial charge on any atom is -0.495 e. The van der Waals surface area contributed by atoms with Gasteiger partial charge >= 0.3 is 0 Å². The van der Waals surface area contributed by atoms with Crippen molar-refractivity contribution in [2.75, 3.05) is 66.8 Å². The first-order chi connectivity index (χ1) is 31.6. The van der Waals surface area contributed by atoms with Crippen molar-refractivity contribution in [2.24, 2.45) is 0 Å². The zero-order valence-corrected chi connectivity index (χ0v) is 40.1. The van der Waals surface area contributed by atoms with E-state index in [0.717, 1.165) is 65.4 Å². The van der Waals surface area contributed by atoms with E-state index >= 15 is 0 Å². The Bertz CT molecular complexity index is 2750. The summed E-state index contributed by atoms with van der Waals surface area (Å²) in [6.45, 7) is 12.5. The standard InChI is InChI=1S/C27H33N3O4S.C23H27N3O4S/c1-19-16-30(17-20(2)28-19)24-10-13-27(34-4)26(15-24)29-35(31,32)25-11-8-22(9-12-25)23-7-5-6-21(14-23)18-33-3;1-16-13-26(14-17(2)24-16)20-6-9-23(29-3)22(12-20)25-31(27,28)21-7-4-18(5-8-21)19-10-11-30-15-19/h5-15,19-20,28-29H,16-18H2,1-4H3;4-12,15-17,24-25H,13-14H2,1-3H3/t19-,20+;16-,17+. The molecule has 0 radical (unpaired) electrons. The van der Waals surface area contributed by atoms with Crippen molar-refractivity contribution in [3.8, 4) is 33.8 Å². The maximum Gasteiger partial charge on any atom is 0.262 e. The molecule has 0 spiro atoms. The molecule has 4 atom stereocenters. The highest BCUT2D eigenvalue weighted by Crippen LogP contribution is 2.35. The Hall–Kier alpha value is -6.04. The molecule has 0 bridgehead atoms. The zero-order chi connectivity index (χ0) is 47.0. The van der Waals surface area contributed by atoms with Gasteiger partial charge in [0.15, 0.2) is 0 Å². The molecular weight excluding hydrogens is 877 g/mol. The van der Waals surface area contributed by atoms with Crippen LogP contribution in [-0.2, 0) is 31.4 Å². The predicted molar refractivity (Wildman–Crippen MR) is 263 cm³/mol. The molecule has 0 unspecified atom stereocenters. The summed E-state index contributed by atoms with van der Waals surface area (Å²) in [6.07, 6.45) is 3.21. The average Bonchev–Trinajstić information content (AvgIpc) is 3.84. The largest absolute Gasteiger partial charge is 0.495 e. The number of piperazine rings is 2. The fourth-order valence-electron chi connectivity index (χ4n) is 8.52. The summed E-state index contributed by atoms with van der Waals surface area (Å²) in [4.78, 5) is 4.88. The third-order valence-corrected chi connectivity index (χ3v) is 14.2. The van der Waals surface area contributed by atoms with Crippen molar-refractivity contribution >= 4 is 42.8 Å². The van der Waals surface area contributed by atoms with E-state index in [1.165, 1.54) is 14.2 Å². The van der Waals surface area contributed by atoms with E-state index in [2.05, 4.69) is 57.6 Å². The van der Waals surface area contributed by atoms with E-state index in [4.69, 9.17) is 18.6 Å². The summed E-state index contributed by atoms with van der Waals surface area (Å²) in [7, 11) is -2.87. The van der Waals surface area contributed by atoms with Gasteiger partial charge in [0.2, 0.25) is 0 Å². The van der Waals surface area contributed by atoms with Crippen LogP contribution >= 0.6 is 0 Å². The number of rotatable bonds is 14. The summed E-state index contributed by atoms with van der Waals surface area (Å²) in [5.74, 6) is 0.943. The minimum absolute atomic E-state index is 0.177. The van der Waals surface area contributed by atoms with Crippen molar-refractivity contribution < 1.29 is 35.5 Å². The number of furan rings is 1. The van der Waals surface area contributed by atoms with Crippen LogP contribution in [0.4, 0.5) is 22.7 Å². The molecule has 3 heterocycles. The van der Waals surface area contributed by atoms with Crippen molar-refractivity contribution in [2.45, 2.75) is 68.3 Å². The Balaban J connectivity index is 0.000000198. The molecule has 2 aliphatic rings. The van der Waals surface area contributed by atoms with Gasteiger partial charge in [-0.15, -0.1) is 0 Å². The average molecular weight is 937 g/mol. The first kappa shape index (κ1) is 47.9. The van der Waals surface area contributed by atoms with Gasteiger partial charge in [0.1, 0.15) is 11.5 Å². The van der Waals surface area contributed by atoms with Crippen molar-refractivity contribution in [3.05, 3.63) is 133 Å². The van der Waals surface area contributed by atoms with Crippen LogP contribution in [0.1, 0.15) is 33.3 Å². The molecule has 2 aliphatic heterocycles. The molecule has 0 aliphatic carbocycles. The van der Waals surface area contributed by atoms with Crippen LogP contribution in [0.3, 0.4) is 0 Å². The molecule has 2 fully saturated rings. The highest BCUT2D eigenvalue weighted by atomic mass is 32.2. The van der Waals surface area contributed by atoms with E-state index in [-0.39, 0.29) is 9.79 Å². The molecule has 350 valence electrons. The van der Waals surface area contributed by atoms with E-state index in [9.17, 15) is 16.8 Å². The van der Waals surface area contributed by atoms with Crippen LogP contribution in [0.15, 0.2) is 142 Å². The van der Waals surface area contributed by atoms with Crippen molar-refractivity contribution in [3.63, 3.8) is 0 Å². The van der Waals surface area contributed by atoms with Gasteiger partial charge < -0.3 is 39.1 Å². The van der Waals surface area contributed by atoms with Gasteiger partial charge in [-0.3, -0.25) is 9.44 Å². The number of nitrogens with zero attached hydrogens (tertiary/aromatic N) is 2. The van der Waals surface area contributed by atoms with Gasteiger partial charge in [-0.05, 0) is 123 Å². The fraction of sp³-hybridized carbons (Fsp3) is 0.320. The lowest BCUT2D eigenvalue weighted by atomic mass is 10.0. The van der Waals surface area contributed by atoms with Gasteiger partial charge in [0, 0.05) is 74.4 Å². The number of nitrogens with one attached hydrogen (secondary N) is 4. The Morgan fingerprint density at radius 1 is 0.561 bits per heavy atom. The second kappa shape index (κ2) is 21.1. The number of benzene rings is 5. The molecule has 4 N–H and O–H groups in total. The molecule has 8 rings (SSSR count). The Labute approximate surface area is 389 Å². The fourth-order valence-corrected chi connectivity index (χ4v) is 10.6. The second-order valence-electron chi connectivity index (χ2n) is 16.9. The molecule has 1 aromatic heterocycles. The van der Waals surface area contributed by atoms with Crippen LogP contribution in [0, 0.1) is 0 Å². The van der Waals surface area contributed by atoms with E-state index < -0.39 is 20.0 Å². The summed E-state index contributed by atoms with van der Waals surface area (Å²) >= 11 is 0. The van der Waals surface area contributed by atoms with Gasteiger partial charge in [-0.2, -0.15) is 0 Å². The van der Waals surface area contributed by atoms with Crippen LogP contribution in [0.2, 0.25) is 0 Å². The monoisotopic (exact) mass is 936 g/mol. The molecule has 16 heteroatoms. The van der Waals surface area contributed by atoms with Crippen LogP contribution < -0.4 is 39.4 Å². The lowest BCUT2D eigenvalue weighted by Crippen LogP contribution is -2.54. The van der Waals surface area contributed by atoms with Gasteiger partial charge in [0.05, 0.1) is 54.5 Å². The molecule has 5 aromatic carbocycles.